The smallest absolute Gasteiger partial charge is 0.387 e. The summed E-state index contributed by atoms with van der Waals surface area (Å²) in [5.74, 6) is 0.550. The zero-order valence-corrected chi connectivity index (χ0v) is 18.6. The van der Waals surface area contributed by atoms with Crippen LogP contribution in [0.1, 0.15) is 45.0 Å². The van der Waals surface area contributed by atoms with E-state index < -0.39 is 6.61 Å². The number of carbonyl (C=O) groups is 1. The van der Waals surface area contributed by atoms with E-state index in [1.54, 1.807) is 12.1 Å². The molecule has 1 aromatic heterocycles. The second kappa shape index (κ2) is 11.8. The molecule has 1 heterocycles. The van der Waals surface area contributed by atoms with Gasteiger partial charge in [-0.25, -0.2) is 0 Å². The molecule has 10 heteroatoms. The van der Waals surface area contributed by atoms with Gasteiger partial charge in [0.25, 0.3) is 0 Å². The van der Waals surface area contributed by atoms with Crippen LogP contribution in [0.5, 0.6) is 5.75 Å². The zero-order chi connectivity index (χ0) is 22.1. The number of thioether (sulfide) groups is 1. The Morgan fingerprint density at radius 3 is 2.63 bits per heavy atom. The van der Waals surface area contributed by atoms with Crippen molar-refractivity contribution in [2.75, 3.05) is 25.2 Å². The van der Waals surface area contributed by atoms with Crippen molar-refractivity contribution in [1.82, 2.24) is 19.7 Å². The van der Waals surface area contributed by atoms with Gasteiger partial charge in [-0.3, -0.25) is 9.69 Å². The Balaban J connectivity index is 2.10. The average Bonchev–Trinajstić information content (AvgIpc) is 3.08. The Bertz CT molecular complexity index is 816. The lowest BCUT2D eigenvalue weighted by molar-refractivity contribution is -0.113. The van der Waals surface area contributed by atoms with Crippen molar-refractivity contribution < 1.29 is 18.3 Å². The number of unbranched alkanes of at least 4 members (excludes halogenated alkanes) is 1. The molecule has 1 N–H and O–H groups in total. The highest BCUT2D eigenvalue weighted by Crippen LogP contribution is 2.28. The Kier molecular flexibility index (Phi) is 9.51. The zero-order valence-electron chi connectivity index (χ0n) is 17.8. The number of carbonyl (C=O) groups excluding carboxylic acids is 1. The molecule has 0 aliphatic carbocycles. The first-order valence-electron chi connectivity index (χ1n) is 9.93. The van der Waals surface area contributed by atoms with Gasteiger partial charge in [-0.2, -0.15) is 8.78 Å². The Hall–Kier alpha value is -2.20. The third kappa shape index (κ3) is 6.66. The topological polar surface area (TPSA) is 72.3 Å². The maximum Gasteiger partial charge on any atom is 0.387 e. The molecule has 0 unspecified atom stereocenters. The minimum absolute atomic E-state index is 0.0731. The van der Waals surface area contributed by atoms with Crippen molar-refractivity contribution in [2.45, 2.75) is 57.5 Å². The molecule has 0 bridgehead atoms. The average molecular weight is 442 g/mol. The van der Waals surface area contributed by atoms with Gasteiger partial charge in [-0.05, 0) is 39.1 Å². The molecule has 0 spiro atoms. The molecule has 0 aliphatic heterocycles. The number of ether oxygens (including phenoxy) is 1. The van der Waals surface area contributed by atoms with Gasteiger partial charge in [-0.15, -0.1) is 10.2 Å². The van der Waals surface area contributed by atoms with Crippen molar-refractivity contribution in [1.29, 1.82) is 0 Å². The Labute approximate surface area is 180 Å². The van der Waals surface area contributed by atoms with Gasteiger partial charge in [0.2, 0.25) is 5.91 Å². The molecule has 30 heavy (non-hydrogen) atoms. The molecule has 1 amide bonds. The highest BCUT2D eigenvalue weighted by atomic mass is 32.2. The molecule has 0 saturated carbocycles. The maximum atomic E-state index is 12.5. The summed E-state index contributed by atoms with van der Waals surface area (Å²) in [4.78, 5) is 14.5. The van der Waals surface area contributed by atoms with Gasteiger partial charge in [0.05, 0.1) is 17.5 Å². The Morgan fingerprint density at radius 1 is 1.27 bits per heavy atom. The molecule has 0 aliphatic rings. The standard InChI is InChI=1S/C20H29F2N5O2S/c1-5-7-12-27-18(15(6-2)26(3)4)24-25-20(27)30-13-17(28)23-14-10-8-9-11-16(14)29-19(21)22/h8-11,15,19H,5-7,12-13H2,1-4H3,(H,23,28)/t15-/m1/s1. The highest BCUT2D eigenvalue weighted by molar-refractivity contribution is 7.99. The summed E-state index contributed by atoms with van der Waals surface area (Å²) >= 11 is 1.27. The van der Waals surface area contributed by atoms with Gasteiger partial charge in [-0.1, -0.05) is 44.2 Å². The largest absolute Gasteiger partial charge is 0.433 e. The number of para-hydroxylation sites is 2. The number of nitrogens with one attached hydrogen (secondary N) is 1. The van der Waals surface area contributed by atoms with Crippen LogP contribution in [0.15, 0.2) is 29.4 Å². The minimum atomic E-state index is -2.96. The predicted octanol–water partition coefficient (Wildman–Crippen LogP) is 4.42. The van der Waals surface area contributed by atoms with Gasteiger partial charge in [0, 0.05) is 6.54 Å². The highest BCUT2D eigenvalue weighted by Gasteiger charge is 2.22. The first kappa shape index (κ1) is 24.1. The fourth-order valence-electron chi connectivity index (χ4n) is 3.04. The molecule has 2 aromatic rings. The minimum Gasteiger partial charge on any atom is -0.433 e. The van der Waals surface area contributed by atoms with Crippen molar-refractivity contribution in [2.24, 2.45) is 0 Å². The van der Waals surface area contributed by atoms with Crippen LogP contribution < -0.4 is 10.1 Å². The van der Waals surface area contributed by atoms with Gasteiger partial charge >= 0.3 is 6.61 Å². The molecule has 166 valence electrons. The SMILES string of the molecule is CCCCn1c(SCC(=O)Nc2ccccc2OC(F)F)nnc1[C@@H](CC)N(C)C. The van der Waals surface area contributed by atoms with Crippen LogP contribution in [-0.2, 0) is 11.3 Å². The van der Waals surface area contributed by atoms with Crippen molar-refractivity contribution in [3.63, 3.8) is 0 Å². The second-order valence-electron chi connectivity index (χ2n) is 6.95. The summed E-state index contributed by atoms with van der Waals surface area (Å²) in [7, 11) is 4.01. The van der Waals surface area contributed by atoms with E-state index in [1.165, 1.54) is 23.9 Å². The van der Waals surface area contributed by atoms with E-state index >= 15 is 0 Å². The third-order valence-electron chi connectivity index (χ3n) is 4.50. The number of anilines is 1. The van der Waals surface area contributed by atoms with Crippen LogP contribution in [-0.4, -0.2) is 52.0 Å². The van der Waals surface area contributed by atoms with Crippen LogP contribution >= 0.6 is 11.8 Å². The summed E-state index contributed by atoms with van der Waals surface area (Å²) in [6.45, 7) is 2.03. The second-order valence-corrected chi connectivity index (χ2v) is 7.89. The lowest BCUT2D eigenvalue weighted by Crippen LogP contribution is -2.23. The van der Waals surface area contributed by atoms with Gasteiger partial charge in [0.15, 0.2) is 11.0 Å². The number of alkyl halides is 2. The number of benzene rings is 1. The van der Waals surface area contributed by atoms with E-state index in [0.29, 0.717) is 5.16 Å². The lowest BCUT2D eigenvalue weighted by Gasteiger charge is -2.23. The predicted molar refractivity (Wildman–Crippen MR) is 114 cm³/mol. The molecular weight excluding hydrogens is 412 g/mol. The number of hydrogen-bond acceptors (Lipinski definition) is 6. The van der Waals surface area contributed by atoms with Crippen LogP contribution in [0.2, 0.25) is 0 Å². The number of amides is 1. The van der Waals surface area contributed by atoms with Gasteiger partial charge < -0.3 is 14.6 Å². The van der Waals surface area contributed by atoms with Crippen LogP contribution in [0, 0.1) is 0 Å². The van der Waals surface area contributed by atoms with E-state index in [0.717, 1.165) is 31.6 Å². The number of hydrogen-bond donors (Lipinski definition) is 1. The third-order valence-corrected chi connectivity index (χ3v) is 5.47. The molecule has 7 nitrogen and oxygen atoms in total. The summed E-state index contributed by atoms with van der Waals surface area (Å²) < 4.78 is 31.6. The molecule has 1 atom stereocenters. The molecule has 0 fully saturated rings. The van der Waals surface area contributed by atoms with Crippen LogP contribution in [0.25, 0.3) is 0 Å². The maximum absolute atomic E-state index is 12.5. The normalized spacial score (nSPS) is 12.4. The van der Waals surface area contributed by atoms with Crippen molar-refractivity contribution >= 4 is 23.4 Å². The van der Waals surface area contributed by atoms with Crippen LogP contribution in [0.3, 0.4) is 0 Å². The van der Waals surface area contributed by atoms with Gasteiger partial charge in [0.1, 0.15) is 5.75 Å². The Morgan fingerprint density at radius 2 is 2.00 bits per heavy atom. The molecule has 2 rings (SSSR count). The van der Waals surface area contributed by atoms with E-state index in [2.05, 4.69) is 43.6 Å². The number of rotatable bonds is 12. The van der Waals surface area contributed by atoms with Crippen molar-refractivity contribution in [3.8, 4) is 5.75 Å². The number of nitrogens with zero attached hydrogens (tertiary/aromatic N) is 4. The summed E-state index contributed by atoms with van der Waals surface area (Å²) in [5, 5.41) is 12.0. The molecule has 0 saturated heterocycles. The molecular formula is C20H29F2N5O2S. The fourth-order valence-corrected chi connectivity index (χ4v) is 3.81. The summed E-state index contributed by atoms with van der Waals surface area (Å²) in [5.41, 5.74) is 0.204. The van der Waals surface area contributed by atoms with E-state index in [-0.39, 0.29) is 29.1 Å². The van der Waals surface area contributed by atoms with E-state index in [4.69, 9.17) is 0 Å². The quantitative estimate of drug-likeness (QED) is 0.492. The fraction of sp³-hybridized carbons (Fsp3) is 0.550. The first-order chi connectivity index (χ1) is 14.4. The lowest BCUT2D eigenvalue weighted by atomic mass is 10.2. The first-order valence-corrected chi connectivity index (χ1v) is 10.9. The van der Waals surface area contributed by atoms with E-state index in [1.807, 2.05) is 14.1 Å². The number of aromatic nitrogens is 3. The summed E-state index contributed by atoms with van der Waals surface area (Å²) in [6.07, 6.45) is 2.90. The van der Waals surface area contributed by atoms with Crippen molar-refractivity contribution in [3.05, 3.63) is 30.1 Å². The molecule has 0 radical (unpaired) electrons. The number of halogens is 2. The van der Waals surface area contributed by atoms with Crippen LogP contribution in [0.4, 0.5) is 14.5 Å². The molecule has 1 aromatic carbocycles. The van der Waals surface area contributed by atoms with E-state index in [9.17, 15) is 13.6 Å². The monoisotopic (exact) mass is 441 g/mol. The summed E-state index contributed by atoms with van der Waals surface area (Å²) in [6, 6.07) is 6.24.